The highest BCUT2D eigenvalue weighted by Gasteiger charge is 2.36. The van der Waals surface area contributed by atoms with Gasteiger partial charge in [-0.25, -0.2) is 16.8 Å². The van der Waals surface area contributed by atoms with Gasteiger partial charge in [0.2, 0.25) is 11.8 Å². The van der Waals surface area contributed by atoms with Gasteiger partial charge in [-0.05, 0) is 19.8 Å². The molecule has 10 heteroatoms. The molecular weight excluding hydrogens is 356 g/mol. The summed E-state index contributed by atoms with van der Waals surface area (Å²) in [7, 11) is -4.70. The Bertz CT molecular complexity index is 716. The Labute approximate surface area is 143 Å². The van der Waals surface area contributed by atoms with Gasteiger partial charge in [0.1, 0.15) is 6.42 Å². The molecule has 2 fully saturated rings. The van der Waals surface area contributed by atoms with Crippen molar-refractivity contribution in [3.05, 3.63) is 0 Å². The summed E-state index contributed by atoms with van der Waals surface area (Å²) in [5, 5.41) is 0. The lowest BCUT2D eigenvalue weighted by atomic mass is 10.2. The first-order valence-electron chi connectivity index (χ1n) is 8.00. The van der Waals surface area contributed by atoms with Gasteiger partial charge in [0.05, 0.1) is 23.0 Å². The summed E-state index contributed by atoms with van der Waals surface area (Å²) in [4.78, 5) is 27.5. The van der Waals surface area contributed by atoms with Crippen LogP contribution in [0.4, 0.5) is 0 Å². The molecule has 2 saturated heterocycles. The smallest absolute Gasteiger partial charge is 0.232 e. The number of carbonyl (C=O) groups is 2. The highest BCUT2D eigenvalue weighted by atomic mass is 32.2. The van der Waals surface area contributed by atoms with E-state index in [9.17, 15) is 26.4 Å². The van der Waals surface area contributed by atoms with Crippen LogP contribution in [0, 0.1) is 0 Å². The first kappa shape index (κ1) is 19.2. The maximum atomic E-state index is 12.4. The second-order valence-corrected chi connectivity index (χ2v) is 10.9. The van der Waals surface area contributed by atoms with Crippen molar-refractivity contribution in [2.45, 2.75) is 38.3 Å². The molecular formula is C14H24N2O6S2. The topological polar surface area (TPSA) is 109 Å². The lowest BCUT2D eigenvalue weighted by Crippen LogP contribution is -2.45. The fourth-order valence-electron chi connectivity index (χ4n) is 3.30. The summed E-state index contributed by atoms with van der Waals surface area (Å²) in [6.07, 6.45) is 0.418. The molecule has 0 aromatic heterocycles. The molecule has 0 spiro atoms. The number of hydrogen-bond donors (Lipinski definition) is 0. The first-order chi connectivity index (χ1) is 11.0. The lowest BCUT2D eigenvalue weighted by Gasteiger charge is -2.29. The predicted octanol–water partition coefficient (Wildman–Crippen LogP) is -0.942. The standard InChI is InChI=1S/C14H24N2O6S2/c1-3-16(12-5-7-24(21,22)10-12)14(18)8-13(17)15(2)11-4-6-23(19,20)9-11/h11-12H,3-10H2,1-2H3. The molecule has 0 saturated carbocycles. The van der Waals surface area contributed by atoms with Crippen molar-refractivity contribution in [2.75, 3.05) is 36.6 Å². The third-order valence-electron chi connectivity index (χ3n) is 4.76. The summed E-state index contributed by atoms with van der Waals surface area (Å²) in [6, 6.07) is -0.769. The van der Waals surface area contributed by atoms with Crippen molar-refractivity contribution in [3.63, 3.8) is 0 Å². The molecule has 0 radical (unpaired) electrons. The Morgan fingerprint density at radius 3 is 1.83 bits per heavy atom. The zero-order valence-electron chi connectivity index (χ0n) is 14.0. The Morgan fingerprint density at radius 1 is 0.917 bits per heavy atom. The van der Waals surface area contributed by atoms with Crippen LogP contribution in [0.3, 0.4) is 0 Å². The van der Waals surface area contributed by atoms with Crippen molar-refractivity contribution in [3.8, 4) is 0 Å². The van der Waals surface area contributed by atoms with Crippen LogP contribution in [0.1, 0.15) is 26.2 Å². The molecule has 2 amide bonds. The molecule has 8 nitrogen and oxygen atoms in total. The third kappa shape index (κ3) is 4.47. The number of hydrogen-bond acceptors (Lipinski definition) is 6. The van der Waals surface area contributed by atoms with Gasteiger partial charge in [0.15, 0.2) is 19.7 Å². The third-order valence-corrected chi connectivity index (χ3v) is 8.26. The molecule has 2 aliphatic rings. The van der Waals surface area contributed by atoms with Crippen LogP contribution < -0.4 is 0 Å². The first-order valence-corrected chi connectivity index (χ1v) is 11.6. The van der Waals surface area contributed by atoms with E-state index in [0.29, 0.717) is 19.4 Å². The van der Waals surface area contributed by atoms with Gasteiger partial charge in [-0.15, -0.1) is 0 Å². The van der Waals surface area contributed by atoms with E-state index < -0.39 is 37.5 Å². The van der Waals surface area contributed by atoms with Crippen molar-refractivity contribution < 1.29 is 26.4 Å². The number of nitrogens with zero attached hydrogens (tertiary/aromatic N) is 2. The highest BCUT2D eigenvalue weighted by molar-refractivity contribution is 7.91. The molecule has 24 heavy (non-hydrogen) atoms. The maximum Gasteiger partial charge on any atom is 0.232 e. The van der Waals surface area contributed by atoms with E-state index in [2.05, 4.69) is 0 Å². The summed E-state index contributed by atoms with van der Waals surface area (Å²) in [5.41, 5.74) is 0. The van der Waals surface area contributed by atoms with Crippen LogP contribution in [-0.4, -0.2) is 87.1 Å². The minimum absolute atomic E-state index is 0.0581. The van der Waals surface area contributed by atoms with E-state index >= 15 is 0 Å². The van der Waals surface area contributed by atoms with Gasteiger partial charge in [-0.2, -0.15) is 0 Å². The van der Waals surface area contributed by atoms with Crippen molar-refractivity contribution in [2.24, 2.45) is 0 Å². The zero-order valence-corrected chi connectivity index (χ0v) is 15.6. The van der Waals surface area contributed by atoms with Crippen molar-refractivity contribution in [1.82, 2.24) is 9.80 Å². The molecule has 2 unspecified atom stereocenters. The van der Waals surface area contributed by atoms with Gasteiger partial charge < -0.3 is 9.80 Å². The minimum atomic E-state index is -3.11. The number of rotatable bonds is 5. The Kier molecular flexibility index (Phi) is 5.58. The van der Waals surface area contributed by atoms with Gasteiger partial charge in [0, 0.05) is 25.7 Å². The molecule has 2 aliphatic heterocycles. The summed E-state index contributed by atoms with van der Waals surface area (Å²) < 4.78 is 46.2. The minimum Gasteiger partial charge on any atom is -0.341 e. The Morgan fingerprint density at radius 2 is 1.42 bits per heavy atom. The van der Waals surface area contributed by atoms with Crippen molar-refractivity contribution >= 4 is 31.5 Å². The molecule has 2 rings (SSSR count). The predicted molar refractivity (Wildman–Crippen MR) is 88.9 cm³/mol. The molecule has 0 aromatic carbocycles. The van der Waals surface area contributed by atoms with Gasteiger partial charge >= 0.3 is 0 Å². The number of amides is 2. The van der Waals surface area contributed by atoms with Crippen LogP contribution in [0.5, 0.6) is 0 Å². The summed E-state index contributed by atoms with van der Waals surface area (Å²) in [6.45, 7) is 2.09. The molecule has 2 atom stereocenters. The van der Waals surface area contributed by atoms with E-state index in [1.54, 1.807) is 6.92 Å². The fourth-order valence-corrected chi connectivity index (χ4v) is 6.80. The Balaban J connectivity index is 1.96. The number of sulfone groups is 2. The highest BCUT2D eigenvalue weighted by Crippen LogP contribution is 2.20. The molecule has 0 bridgehead atoms. The van der Waals surface area contributed by atoms with E-state index in [4.69, 9.17) is 0 Å². The van der Waals surface area contributed by atoms with Crippen LogP contribution in [0.15, 0.2) is 0 Å². The normalized spacial score (nSPS) is 27.8. The quantitative estimate of drug-likeness (QED) is 0.570. The van der Waals surface area contributed by atoms with Crippen molar-refractivity contribution in [1.29, 1.82) is 0 Å². The van der Waals surface area contributed by atoms with Gasteiger partial charge in [-0.3, -0.25) is 9.59 Å². The molecule has 0 aromatic rings. The molecule has 0 aliphatic carbocycles. The van der Waals surface area contributed by atoms with Crippen LogP contribution in [-0.2, 0) is 29.3 Å². The van der Waals surface area contributed by atoms with E-state index in [1.165, 1.54) is 16.8 Å². The summed E-state index contributed by atoms with van der Waals surface area (Å²) >= 11 is 0. The monoisotopic (exact) mass is 380 g/mol. The lowest BCUT2D eigenvalue weighted by molar-refractivity contribution is -0.141. The molecule has 0 N–H and O–H groups in total. The van der Waals surface area contributed by atoms with Crippen LogP contribution >= 0.6 is 0 Å². The van der Waals surface area contributed by atoms with Crippen LogP contribution in [0.2, 0.25) is 0 Å². The second kappa shape index (κ2) is 6.99. The average Bonchev–Trinajstić information content (AvgIpc) is 3.01. The fraction of sp³-hybridized carbons (Fsp3) is 0.857. The number of carbonyl (C=O) groups excluding carboxylic acids is 2. The van der Waals surface area contributed by atoms with E-state index in [0.717, 1.165) is 0 Å². The van der Waals surface area contributed by atoms with Gasteiger partial charge in [-0.1, -0.05) is 0 Å². The second-order valence-electron chi connectivity index (χ2n) is 6.47. The van der Waals surface area contributed by atoms with E-state index in [1.807, 2.05) is 0 Å². The van der Waals surface area contributed by atoms with Crippen LogP contribution in [0.25, 0.3) is 0 Å². The molecule has 138 valence electrons. The SMILES string of the molecule is CCN(C(=O)CC(=O)N(C)C1CCS(=O)(=O)C1)C1CCS(=O)(=O)C1. The maximum absolute atomic E-state index is 12.4. The molecule has 2 heterocycles. The van der Waals surface area contributed by atoms with E-state index in [-0.39, 0.29) is 35.5 Å². The summed E-state index contributed by atoms with van der Waals surface area (Å²) in [5.74, 6) is -0.836. The Hall–Kier alpha value is -1.16. The van der Waals surface area contributed by atoms with Gasteiger partial charge in [0.25, 0.3) is 0 Å². The largest absolute Gasteiger partial charge is 0.341 e. The zero-order chi connectivity index (χ0) is 18.1. The average molecular weight is 380 g/mol.